The minimum absolute atomic E-state index is 0.119. The van der Waals surface area contributed by atoms with Crippen molar-refractivity contribution in [1.29, 1.82) is 0 Å². The maximum Gasteiger partial charge on any atom is 0.405 e. The lowest BCUT2D eigenvalue weighted by atomic mass is 10.2. The van der Waals surface area contributed by atoms with Crippen LogP contribution in [0.4, 0.5) is 13.2 Å². The molecular formula is C12H13ClF3N3O2. The summed E-state index contributed by atoms with van der Waals surface area (Å²) >= 11 is 5.72. The Hall–Kier alpha value is -1.83. The van der Waals surface area contributed by atoms with E-state index in [4.69, 9.17) is 11.6 Å². The van der Waals surface area contributed by atoms with E-state index < -0.39 is 31.1 Å². The molecular weight excluding hydrogens is 311 g/mol. The fraction of sp³-hybridized carbons (Fsp3) is 0.417. The number of likely N-dealkylation sites (N-methyl/N-ethyl adjacent to an activating group) is 1. The first-order valence-electron chi connectivity index (χ1n) is 5.81. The van der Waals surface area contributed by atoms with Crippen molar-refractivity contribution < 1.29 is 22.8 Å². The summed E-state index contributed by atoms with van der Waals surface area (Å²) in [5.41, 5.74) is 0.722. The number of amides is 2. The molecule has 0 saturated heterocycles. The summed E-state index contributed by atoms with van der Waals surface area (Å²) in [4.78, 5) is 28.2. The summed E-state index contributed by atoms with van der Waals surface area (Å²) in [5, 5.41) is 1.81. The molecule has 0 radical (unpaired) electrons. The average Bonchev–Trinajstić information content (AvgIpc) is 2.33. The van der Waals surface area contributed by atoms with Gasteiger partial charge in [-0.15, -0.1) is 0 Å². The number of halogens is 4. The van der Waals surface area contributed by atoms with E-state index in [-0.39, 0.29) is 10.7 Å². The third kappa shape index (κ3) is 5.99. The second-order valence-electron chi connectivity index (χ2n) is 4.37. The molecule has 0 bridgehead atoms. The van der Waals surface area contributed by atoms with Gasteiger partial charge in [0.15, 0.2) is 0 Å². The maximum absolute atomic E-state index is 12.0. The van der Waals surface area contributed by atoms with Gasteiger partial charge in [0.25, 0.3) is 5.91 Å². The molecule has 0 saturated carbocycles. The van der Waals surface area contributed by atoms with Crippen LogP contribution in [0.1, 0.15) is 16.1 Å². The third-order valence-electron chi connectivity index (χ3n) is 2.38. The average molecular weight is 324 g/mol. The summed E-state index contributed by atoms with van der Waals surface area (Å²) in [6.45, 7) is -0.291. The molecule has 0 fully saturated rings. The van der Waals surface area contributed by atoms with Crippen molar-refractivity contribution >= 4 is 23.4 Å². The zero-order chi connectivity index (χ0) is 16.2. The van der Waals surface area contributed by atoms with Crippen LogP contribution in [0.25, 0.3) is 0 Å². The number of hydrogen-bond acceptors (Lipinski definition) is 3. The van der Waals surface area contributed by atoms with Gasteiger partial charge >= 0.3 is 6.18 Å². The smallest absolute Gasteiger partial charge is 0.345 e. The standard InChI is InChI=1S/C12H13ClF3N3O2/c1-7-3-8(4-9(13)18-7)11(21)19(2)5-10(20)17-6-12(14,15)16/h3-4H,5-6H2,1-2H3,(H,17,20). The van der Waals surface area contributed by atoms with E-state index in [1.165, 1.54) is 19.2 Å². The highest BCUT2D eigenvalue weighted by Gasteiger charge is 2.28. The number of hydrogen-bond donors (Lipinski definition) is 1. The maximum atomic E-state index is 12.0. The van der Waals surface area contributed by atoms with Crippen LogP contribution in [0.5, 0.6) is 0 Å². The van der Waals surface area contributed by atoms with Gasteiger partial charge in [0.2, 0.25) is 5.91 Å². The molecule has 21 heavy (non-hydrogen) atoms. The van der Waals surface area contributed by atoms with Gasteiger partial charge in [-0.2, -0.15) is 13.2 Å². The van der Waals surface area contributed by atoms with E-state index in [2.05, 4.69) is 4.98 Å². The molecule has 0 aromatic carbocycles. The van der Waals surface area contributed by atoms with Crippen LogP contribution in [-0.2, 0) is 4.79 Å². The zero-order valence-corrected chi connectivity index (χ0v) is 12.0. The topological polar surface area (TPSA) is 62.3 Å². The molecule has 1 heterocycles. The third-order valence-corrected chi connectivity index (χ3v) is 2.58. The Kier molecular flexibility index (Phi) is 5.54. The van der Waals surface area contributed by atoms with Crippen molar-refractivity contribution in [2.24, 2.45) is 0 Å². The van der Waals surface area contributed by atoms with Gasteiger partial charge in [-0.3, -0.25) is 9.59 Å². The molecule has 116 valence electrons. The number of nitrogens with zero attached hydrogens (tertiary/aromatic N) is 2. The zero-order valence-electron chi connectivity index (χ0n) is 11.3. The van der Waals surface area contributed by atoms with Crippen LogP contribution in [0.15, 0.2) is 12.1 Å². The summed E-state index contributed by atoms with van der Waals surface area (Å²) in [6.07, 6.45) is -4.49. The van der Waals surface area contributed by atoms with E-state index in [9.17, 15) is 22.8 Å². The van der Waals surface area contributed by atoms with Crippen molar-refractivity contribution in [3.63, 3.8) is 0 Å². The molecule has 0 aliphatic heterocycles. The van der Waals surface area contributed by atoms with Crippen molar-refractivity contribution in [2.75, 3.05) is 20.1 Å². The lowest BCUT2D eigenvalue weighted by molar-refractivity contribution is -0.138. The highest BCUT2D eigenvalue weighted by molar-refractivity contribution is 6.29. The van der Waals surface area contributed by atoms with Crippen LogP contribution in [-0.4, -0.2) is 48.0 Å². The van der Waals surface area contributed by atoms with Crippen molar-refractivity contribution in [1.82, 2.24) is 15.2 Å². The summed E-state index contributed by atoms with van der Waals surface area (Å²) in [5.74, 6) is -1.44. The second-order valence-corrected chi connectivity index (χ2v) is 4.76. The van der Waals surface area contributed by atoms with Gasteiger partial charge in [0.05, 0.1) is 6.54 Å². The number of alkyl halides is 3. The number of aromatic nitrogens is 1. The summed E-state index contributed by atoms with van der Waals surface area (Å²) in [7, 11) is 1.30. The molecule has 1 rings (SSSR count). The molecule has 0 aliphatic carbocycles. The van der Waals surface area contributed by atoms with Crippen molar-refractivity contribution in [2.45, 2.75) is 13.1 Å². The fourth-order valence-corrected chi connectivity index (χ4v) is 1.76. The predicted octanol–water partition coefficient (Wildman–Crippen LogP) is 1.79. The van der Waals surface area contributed by atoms with E-state index in [0.29, 0.717) is 5.69 Å². The van der Waals surface area contributed by atoms with Crippen molar-refractivity contribution in [3.8, 4) is 0 Å². The number of rotatable bonds is 4. The molecule has 5 nitrogen and oxygen atoms in total. The van der Waals surface area contributed by atoms with E-state index >= 15 is 0 Å². The first kappa shape index (κ1) is 17.2. The first-order chi connectivity index (χ1) is 9.58. The van der Waals surface area contributed by atoms with Crippen LogP contribution in [0.2, 0.25) is 5.15 Å². The molecule has 9 heteroatoms. The molecule has 0 atom stereocenters. The molecule has 0 spiro atoms. The lowest BCUT2D eigenvalue weighted by Gasteiger charge is -2.17. The van der Waals surface area contributed by atoms with Gasteiger partial charge in [0, 0.05) is 18.3 Å². The Balaban J connectivity index is 2.64. The van der Waals surface area contributed by atoms with Gasteiger partial charge in [-0.05, 0) is 19.1 Å². The highest BCUT2D eigenvalue weighted by Crippen LogP contribution is 2.13. The van der Waals surface area contributed by atoms with Crippen molar-refractivity contribution in [3.05, 3.63) is 28.5 Å². The van der Waals surface area contributed by atoms with E-state index in [1.807, 2.05) is 0 Å². The summed E-state index contributed by atoms with van der Waals surface area (Å²) < 4.78 is 35.8. The first-order valence-corrected chi connectivity index (χ1v) is 6.19. The van der Waals surface area contributed by atoms with Gasteiger partial charge in [-0.1, -0.05) is 11.6 Å². The normalized spacial score (nSPS) is 11.1. The summed E-state index contributed by atoms with van der Waals surface area (Å²) in [6, 6.07) is 2.79. The SMILES string of the molecule is Cc1cc(C(=O)N(C)CC(=O)NCC(F)(F)F)cc(Cl)n1. The van der Waals surface area contributed by atoms with E-state index in [0.717, 1.165) is 4.90 Å². The quantitative estimate of drug-likeness (QED) is 0.859. The van der Waals surface area contributed by atoms with Crippen LogP contribution in [0.3, 0.4) is 0 Å². The minimum Gasteiger partial charge on any atom is -0.345 e. The minimum atomic E-state index is -4.49. The molecule has 0 unspecified atom stereocenters. The van der Waals surface area contributed by atoms with Crippen LogP contribution >= 0.6 is 11.6 Å². The lowest BCUT2D eigenvalue weighted by Crippen LogP contribution is -2.41. The Morgan fingerprint density at radius 2 is 2.00 bits per heavy atom. The molecule has 1 aromatic heterocycles. The van der Waals surface area contributed by atoms with Crippen LogP contribution < -0.4 is 5.32 Å². The molecule has 1 aromatic rings. The van der Waals surface area contributed by atoms with Crippen LogP contribution in [0, 0.1) is 6.92 Å². The predicted molar refractivity (Wildman–Crippen MR) is 70.0 cm³/mol. The van der Waals surface area contributed by atoms with Gasteiger partial charge < -0.3 is 10.2 Å². The highest BCUT2D eigenvalue weighted by atomic mass is 35.5. The number of pyridine rings is 1. The Morgan fingerprint density at radius 1 is 1.38 bits per heavy atom. The number of aryl methyl sites for hydroxylation is 1. The fourth-order valence-electron chi connectivity index (χ4n) is 1.51. The molecule has 2 amide bonds. The van der Waals surface area contributed by atoms with Gasteiger partial charge in [-0.25, -0.2) is 4.98 Å². The molecule has 0 aliphatic rings. The Morgan fingerprint density at radius 3 is 2.52 bits per heavy atom. The molecule has 1 N–H and O–H groups in total. The largest absolute Gasteiger partial charge is 0.405 e. The van der Waals surface area contributed by atoms with Gasteiger partial charge in [0.1, 0.15) is 11.7 Å². The number of carbonyl (C=O) groups excluding carboxylic acids is 2. The number of nitrogens with one attached hydrogen (secondary N) is 1. The monoisotopic (exact) mass is 323 g/mol. The van der Waals surface area contributed by atoms with E-state index in [1.54, 1.807) is 12.2 Å². The second kappa shape index (κ2) is 6.75. The number of carbonyl (C=O) groups is 2. The Labute approximate surface area is 124 Å². The Bertz CT molecular complexity index is 529.